The first kappa shape index (κ1) is 14.9. The van der Waals surface area contributed by atoms with Gasteiger partial charge in [-0.1, -0.05) is 23.4 Å². The Morgan fingerprint density at radius 3 is 2.86 bits per heavy atom. The van der Waals surface area contributed by atoms with Gasteiger partial charge < -0.3 is 16.3 Å². The molecule has 0 radical (unpaired) electrons. The molecular weight excluding hydrogens is 271 g/mol. The summed E-state index contributed by atoms with van der Waals surface area (Å²) >= 11 is 0. The lowest BCUT2D eigenvalue weighted by Gasteiger charge is -2.08. The van der Waals surface area contributed by atoms with E-state index in [9.17, 15) is 4.39 Å². The highest BCUT2D eigenvalue weighted by molar-refractivity contribution is 5.97. The summed E-state index contributed by atoms with van der Waals surface area (Å²) in [5.41, 5.74) is 8.30. The van der Waals surface area contributed by atoms with Gasteiger partial charge in [0, 0.05) is 30.4 Å². The van der Waals surface area contributed by atoms with Gasteiger partial charge in [-0.25, -0.2) is 4.39 Å². The molecule has 110 valence electrons. The Morgan fingerprint density at radius 2 is 2.19 bits per heavy atom. The van der Waals surface area contributed by atoms with Gasteiger partial charge in [0.05, 0.1) is 5.69 Å². The number of hydrogen-bond acceptors (Lipinski definition) is 4. The molecule has 5 nitrogen and oxygen atoms in total. The van der Waals surface area contributed by atoms with Crippen LogP contribution in [0.2, 0.25) is 0 Å². The minimum absolute atomic E-state index is 0.113. The molecule has 0 saturated heterocycles. The summed E-state index contributed by atoms with van der Waals surface area (Å²) in [4.78, 5) is 4.26. The number of benzene rings is 1. The molecular formula is C15H17FN4O. The van der Waals surface area contributed by atoms with E-state index in [1.165, 1.54) is 6.07 Å². The highest BCUT2D eigenvalue weighted by Gasteiger charge is 2.06. The van der Waals surface area contributed by atoms with Gasteiger partial charge in [-0.15, -0.1) is 0 Å². The van der Waals surface area contributed by atoms with Crippen LogP contribution in [0.4, 0.5) is 4.39 Å². The summed E-state index contributed by atoms with van der Waals surface area (Å²) in [7, 11) is 0. The van der Waals surface area contributed by atoms with Crippen LogP contribution in [0.15, 0.2) is 41.7 Å². The van der Waals surface area contributed by atoms with Gasteiger partial charge in [-0.2, -0.15) is 0 Å². The van der Waals surface area contributed by atoms with Crippen molar-refractivity contribution in [3.05, 3.63) is 64.7 Å². The average Bonchev–Trinajstić information content (AvgIpc) is 2.50. The van der Waals surface area contributed by atoms with Gasteiger partial charge in [0.15, 0.2) is 5.84 Å². The molecule has 21 heavy (non-hydrogen) atoms. The standard InChI is InChI=1S/C15H17FN4O/c1-10-3-2-6-19-14(10)9-18-8-12-5-4-11(7-13(12)16)15(17)20-21/h2-7,18,21H,8-9H2,1H3,(H2,17,20). The highest BCUT2D eigenvalue weighted by atomic mass is 19.1. The van der Waals surface area contributed by atoms with Crippen molar-refractivity contribution >= 4 is 5.84 Å². The van der Waals surface area contributed by atoms with Crippen LogP contribution in [-0.4, -0.2) is 16.0 Å². The number of amidine groups is 1. The zero-order valence-corrected chi connectivity index (χ0v) is 11.7. The van der Waals surface area contributed by atoms with E-state index in [4.69, 9.17) is 10.9 Å². The maximum absolute atomic E-state index is 13.9. The van der Waals surface area contributed by atoms with E-state index in [0.29, 0.717) is 24.2 Å². The molecule has 1 heterocycles. The number of hydrogen-bond donors (Lipinski definition) is 3. The van der Waals surface area contributed by atoms with Crippen LogP contribution in [0, 0.1) is 12.7 Å². The molecule has 4 N–H and O–H groups in total. The largest absolute Gasteiger partial charge is 0.409 e. The predicted octanol–water partition coefficient (Wildman–Crippen LogP) is 1.91. The van der Waals surface area contributed by atoms with Crippen molar-refractivity contribution in [2.75, 3.05) is 0 Å². The van der Waals surface area contributed by atoms with Gasteiger partial charge in [0.25, 0.3) is 0 Å². The number of nitrogens with zero attached hydrogens (tertiary/aromatic N) is 2. The summed E-state index contributed by atoms with van der Waals surface area (Å²) in [6.45, 7) is 2.92. The number of rotatable bonds is 5. The molecule has 0 atom stereocenters. The molecule has 0 spiro atoms. The maximum atomic E-state index is 13.9. The quantitative estimate of drug-likeness (QED) is 0.340. The van der Waals surface area contributed by atoms with Crippen molar-refractivity contribution in [3.8, 4) is 0 Å². The van der Waals surface area contributed by atoms with Crippen molar-refractivity contribution in [3.63, 3.8) is 0 Å². The summed E-state index contributed by atoms with van der Waals surface area (Å²) in [5.74, 6) is -0.512. The van der Waals surface area contributed by atoms with Crippen molar-refractivity contribution in [2.45, 2.75) is 20.0 Å². The van der Waals surface area contributed by atoms with Gasteiger partial charge in [0.2, 0.25) is 0 Å². The van der Waals surface area contributed by atoms with Crippen LogP contribution in [0.1, 0.15) is 22.4 Å². The predicted molar refractivity (Wildman–Crippen MR) is 78.4 cm³/mol. The number of oxime groups is 1. The van der Waals surface area contributed by atoms with Crippen LogP contribution >= 0.6 is 0 Å². The first-order valence-corrected chi connectivity index (χ1v) is 6.49. The van der Waals surface area contributed by atoms with Gasteiger partial charge in [0.1, 0.15) is 5.82 Å². The molecule has 6 heteroatoms. The monoisotopic (exact) mass is 288 g/mol. The molecule has 0 unspecified atom stereocenters. The Bertz CT molecular complexity index is 658. The van der Waals surface area contributed by atoms with Crippen LogP contribution in [0.5, 0.6) is 0 Å². The molecule has 0 saturated carbocycles. The number of nitrogens with one attached hydrogen (secondary N) is 1. The fourth-order valence-corrected chi connectivity index (χ4v) is 1.93. The Hall–Kier alpha value is -2.47. The van der Waals surface area contributed by atoms with Crippen LogP contribution < -0.4 is 11.1 Å². The van der Waals surface area contributed by atoms with Gasteiger partial charge >= 0.3 is 0 Å². The Morgan fingerprint density at radius 1 is 1.38 bits per heavy atom. The van der Waals surface area contributed by atoms with Crippen LogP contribution in [-0.2, 0) is 13.1 Å². The van der Waals surface area contributed by atoms with E-state index in [1.54, 1.807) is 18.3 Å². The lowest BCUT2D eigenvalue weighted by Crippen LogP contribution is -2.17. The molecule has 0 aliphatic carbocycles. The van der Waals surface area contributed by atoms with E-state index < -0.39 is 5.82 Å². The minimum Gasteiger partial charge on any atom is -0.409 e. The average molecular weight is 288 g/mol. The molecule has 1 aromatic carbocycles. The molecule has 0 bridgehead atoms. The summed E-state index contributed by atoms with van der Waals surface area (Å²) in [6, 6.07) is 8.33. The number of aromatic nitrogens is 1. The molecule has 0 aliphatic rings. The summed E-state index contributed by atoms with van der Waals surface area (Å²) in [6.07, 6.45) is 1.73. The lowest BCUT2D eigenvalue weighted by atomic mass is 10.1. The molecule has 1 aromatic heterocycles. The second-order valence-electron chi connectivity index (χ2n) is 4.66. The maximum Gasteiger partial charge on any atom is 0.170 e. The van der Waals surface area contributed by atoms with E-state index in [1.807, 2.05) is 19.1 Å². The molecule has 0 amide bonds. The molecule has 2 rings (SSSR count). The molecule has 0 aliphatic heterocycles. The third kappa shape index (κ3) is 3.76. The van der Waals surface area contributed by atoms with Crippen molar-refractivity contribution in [2.24, 2.45) is 10.9 Å². The second-order valence-corrected chi connectivity index (χ2v) is 4.66. The first-order valence-electron chi connectivity index (χ1n) is 6.49. The molecule has 0 fully saturated rings. The SMILES string of the molecule is Cc1cccnc1CNCc1ccc(C(N)=NO)cc1F. The third-order valence-corrected chi connectivity index (χ3v) is 3.18. The number of nitrogens with two attached hydrogens (primary N) is 1. The van der Waals surface area contributed by atoms with Gasteiger partial charge in [-0.05, 0) is 24.6 Å². The topological polar surface area (TPSA) is 83.5 Å². The summed E-state index contributed by atoms with van der Waals surface area (Å²) in [5, 5.41) is 14.6. The fraction of sp³-hybridized carbons (Fsp3) is 0.200. The van der Waals surface area contributed by atoms with Crippen LogP contribution in [0.3, 0.4) is 0 Å². The minimum atomic E-state index is -0.399. The Labute approximate surface area is 122 Å². The van der Waals surface area contributed by atoms with Crippen LogP contribution in [0.25, 0.3) is 0 Å². The number of halogens is 1. The van der Waals surface area contributed by atoms with E-state index in [2.05, 4.69) is 15.5 Å². The first-order chi connectivity index (χ1) is 10.1. The second kappa shape index (κ2) is 6.81. The molecule has 2 aromatic rings. The smallest absolute Gasteiger partial charge is 0.170 e. The number of pyridine rings is 1. The van der Waals surface area contributed by atoms with E-state index in [-0.39, 0.29) is 5.84 Å². The van der Waals surface area contributed by atoms with Gasteiger partial charge in [-0.3, -0.25) is 4.98 Å². The lowest BCUT2D eigenvalue weighted by molar-refractivity contribution is 0.318. The van der Waals surface area contributed by atoms with Crippen molar-refractivity contribution in [1.82, 2.24) is 10.3 Å². The van der Waals surface area contributed by atoms with Crippen molar-refractivity contribution in [1.29, 1.82) is 0 Å². The highest BCUT2D eigenvalue weighted by Crippen LogP contribution is 2.11. The van der Waals surface area contributed by atoms with E-state index >= 15 is 0 Å². The Balaban J connectivity index is 1.99. The zero-order valence-electron chi connectivity index (χ0n) is 11.7. The Kier molecular flexibility index (Phi) is 4.84. The van der Waals surface area contributed by atoms with E-state index in [0.717, 1.165) is 11.3 Å². The van der Waals surface area contributed by atoms with Crippen molar-refractivity contribution < 1.29 is 9.60 Å². The normalized spacial score (nSPS) is 11.6. The fourth-order valence-electron chi connectivity index (χ4n) is 1.93. The summed E-state index contributed by atoms with van der Waals surface area (Å²) < 4.78 is 13.9. The number of aryl methyl sites for hydroxylation is 1. The zero-order chi connectivity index (χ0) is 15.2. The third-order valence-electron chi connectivity index (χ3n) is 3.18.